The molecule has 2 aromatic heterocycles. The second-order valence-corrected chi connectivity index (χ2v) is 14.0. The molecule has 0 bridgehead atoms. The van der Waals surface area contributed by atoms with E-state index in [-0.39, 0.29) is 0 Å². The van der Waals surface area contributed by atoms with Crippen LogP contribution in [-0.2, 0) is 0 Å². The van der Waals surface area contributed by atoms with Gasteiger partial charge in [0.15, 0.2) is 5.84 Å². The van der Waals surface area contributed by atoms with Crippen molar-refractivity contribution < 1.29 is 0 Å². The van der Waals surface area contributed by atoms with Crippen LogP contribution < -0.4 is 5.73 Å². The molecule has 1 atom stereocenters. The van der Waals surface area contributed by atoms with E-state index in [0.29, 0.717) is 5.84 Å². The van der Waals surface area contributed by atoms with Gasteiger partial charge in [-0.3, -0.25) is 0 Å². The van der Waals surface area contributed by atoms with Crippen LogP contribution in [0.4, 0.5) is 0 Å². The Morgan fingerprint density at radius 3 is 1.64 bits per heavy atom. The third-order valence-electron chi connectivity index (χ3n) is 10.6. The lowest BCUT2D eigenvalue weighted by Crippen LogP contribution is -2.11. The third-order valence-corrected chi connectivity index (χ3v) is 10.6. The Hall–Kier alpha value is -7.34. The van der Waals surface area contributed by atoms with Gasteiger partial charge in [0.05, 0.1) is 22.1 Å². The number of nitrogens with two attached hydrogens (primary N) is 1. The van der Waals surface area contributed by atoms with Crippen LogP contribution in [0.1, 0.15) is 22.9 Å². The molecule has 10 aromatic rings. The Labute approximate surface area is 325 Å². The van der Waals surface area contributed by atoms with Gasteiger partial charge in [0.2, 0.25) is 0 Å². The summed E-state index contributed by atoms with van der Waals surface area (Å²) in [5.74, 6) is 0.587. The van der Waals surface area contributed by atoms with Crippen LogP contribution in [0.2, 0.25) is 0 Å². The van der Waals surface area contributed by atoms with Crippen LogP contribution in [0.25, 0.3) is 66.1 Å². The predicted octanol–water partition coefficient (Wildman–Crippen LogP) is 12.1. The highest BCUT2D eigenvalue weighted by atomic mass is 15.0. The molecule has 2 N–H and O–H groups in total. The van der Waals surface area contributed by atoms with Crippen molar-refractivity contribution >= 4 is 55.7 Å². The first-order valence-corrected chi connectivity index (χ1v) is 18.9. The zero-order chi connectivity index (χ0) is 37.4. The highest BCUT2D eigenvalue weighted by molar-refractivity contribution is 6.19. The molecule has 8 aromatic carbocycles. The zero-order valence-corrected chi connectivity index (χ0v) is 30.6. The maximum absolute atomic E-state index is 6.52. The Kier molecular flexibility index (Phi) is 8.40. The minimum absolute atomic E-state index is 0.525. The van der Waals surface area contributed by atoms with Gasteiger partial charge < -0.3 is 14.9 Å². The minimum atomic E-state index is -0.525. The monoisotopic (exact) mass is 719 g/mol. The van der Waals surface area contributed by atoms with Crippen molar-refractivity contribution in [2.24, 2.45) is 15.7 Å². The summed E-state index contributed by atoms with van der Waals surface area (Å²) in [6, 6.07) is 70.0. The summed E-state index contributed by atoms with van der Waals surface area (Å²) in [4.78, 5) is 9.70. The maximum atomic E-state index is 6.52. The van der Waals surface area contributed by atoms with Gasteiger partial charge >= 0.3 is 0 Å². The molecule has 56 heavy (non-hydrogen) atoms. The van der Waals surface area contributed by atoms with Crippen LogP contribution in [0, 0.1) is 0 Å². The zero-order valence-electron chi connectivity index (χ0n) is 30.6. The molecule has 0 aliphatic heterocycles. The lowest BCUT2D eigenvalue weighted by atomic mass is 10.0. The molecule has 10 rings (SSSR count). The van der Waals surface area contributed by atoms with Crippen LogP contribution in [0.15, 0.2) is 210 Å². The standard InChI is InChI=1S/C51H37N5/c52-50(37-16-4-1-5-17-37)54-51(38-18-6-2-7-19-38)53-34-35-15-14-20-39(31-35)36-27-29-41(30-28-36)56-47-26-13-11-24-43(47)45-32-44-42-23-10-12-25-46(42)55(48(44)33-49(45)56)40-21-8-3-9-22-40/h1-34,50H,52H2/b53-34+,54-51-. The average molecular weight is 720 g/mol. The van der Waals surface area contributed by atoms with Gasteiger partial charge in [0, 0.05) is 44.7 Å². The molecule has 0 saturated carbocycles. The smallest absolute Gasteiger partial charge is 0.156 e. The average Bonchev–Trinajstić information content (AvgIpc) is 3.77. The highest BCUT2D eigenvalue weighted by Crippen LogP contribution is 2.39. The number of amidine groups is 1. The van der Waals surface area contributed by atoms with Crippen molar-refractivity contribution in [2.45, 2.75) is 6.17 Å². The Morgan fingerprint density at radius 2 is 1.00 bits per heavy atom. The van der Waals surface area contributed by atoms with Gasteiger partial charge in [-0.1, -0.05) is 146 Å². The van der Waals surface area contributed by atoms with Crippen molar-refractivity contribution in [1.82, 2.24) is 9.13 Å². The van der Waals surface area contributed by atoms with Crippen molar-refractivity contribution in [3.63, 3.8) is 0 Å². The minimum Gasteiger partial charge on any atom is -0.309 e. The van der Waals surface area contributed by atoms with E-state index in [1.165, 1.54) is 43.6 Å². The summed E-state index contributed by atoms with van der Waals surface area (Å²) >= 11 is 0. The van der Waals surface area contributed by atoms with Gasteiger partial charge in [0.25, 0.3) is 0 Å². The topological polar surface area (TPSA) is 60.6 Å². The maximum Gasteiger partial charge on any atom is 0.156 e. The number of hydrogen-bond donors (Lipinski definition) is 1. The van der Waals surface area contributed by atoms with E-state index in [1.807, 2.05) is 66.9 Å². The SMILES string of the molecule is NC(/N=C(\N=C\c1cccc(-c2ccc(-n3c4ccccc4c4cc5c6ccccc6n(-c6ccccc6)c5cc43)cc2)c1)c1ccccc1)c1ccccc1. The molecule has 0 radical (unpaired) electrons. The number of fused-ring (bicyclic) bond motifs is 6. The lowest BCUT2D eigenvalue weighted by Gasteiger charge is -2.11. The second-order valence-electron chi connectivity index (χ2n) is 14.0. The number of aliphatic imine (C=N–C) groups is 2. The molecule has 0 saturated heterocycles. The number of hydrogen-bond acceptors (Lipinski definition) is 2. The number of para-hydroxylation sites is 3. The second kappa shape index (κ2) is 14.1. The van der Waals surface area contributed by atoms with Crippen LogP contribution in [0.3, 0.4) is 0 Å². The first-order valence-electron chi connectivity index (χ1n) is 18.9. The number of benzene rings is 8. The molecule has 266 valence electrons. The molecule has 0 spiro atoms. The molecule has 2 heterocycles. The number of rotatable bonds is 7. The molecule has 0 aliphatic carbocycles. The largest absolute Gasteiger partial charge is 0.309 e. The van der Waals surface area contributed by atoms with Gasteiger partial charge in [-0.15, -0.1) is 0 Å². The number of nitrogens with zero attached hydrogens (tertiary/aromatic N) is 4. The van der Waals surface area contributed by atoms with Gasteiger partial charge in [-0.05, 0) is 76.9 Å². The molecule has 5 heteroatoms. The fourth-order valence-corrected chi connectivity index (χ4v) is 7.93. The molecule has 0 amide bonds. The molecular formula is C51H37N5. The molecule has 5 nitrogen and oxygen atoms in total. The van der Waals surface area contributed by atoms with Crippen LogP contribution >= 0.6 is 0 Å². The van der Waals surface area contributed by atoms with Gasteiger partial charge in [0.1, 0.15) is 6.17 Å². The predicted molar refractivity (Wildman–Crippen MR) is 234 cm³/mol. The van der Waals surface area contributed by atoms with Crippen LogP contribution in [-0.4, -0.2) is 21.2 Å². The fourth-order valence-electron chi connectivity index (χ4n) is 7.93. The summed E-state index contributed by atoms with van der Waals surface area (Å²) in [5.41, 5.74) is 18.6. The van der Waals surface area contributed by atoms with Crippen molar-refractivity contribution in [3.8, 4) is 22.5 Å². The summed E-state index contributed by atoms with van der Waals surface area (Å²) in [5, 5.41) is 4.98. The van der Waals surface area contributed by atoms with E-state index >= 15 is 0 Å². The van der Waals surface area contributed by atoms with Crippen molar-refractivity contribution in [1.29, 1.82) is 0 Å². The summed E-state index contributed by atoms with van der Waals surface area (Å²) in [6.45, 7) is 0. The molecule has 1 unspecified atom stereocenters. The Bertz CT molecular complexity index is 3070. The van der Waals surface area contributed by atoms with E-state index in [4.69, 9.17) is 15.7 Å². The first kappa shape index (κ1) is 33.2. The number of aromatic nitrogens is 2. The normalized spacial score (nSPS) is 12.7. The summed E-state index contributed by atoms with van der Waals surface area (Å²) in [6.07, 6.45) is 1.34. The van der Waals surface area contributed by atoms with E-state index in [9.17, 15) is 0 Å². The molecule has 0 fully saturated rings. The van der Waals surface area contributed by atoms with E-state index in [2.05, 4.69) is 149 Å². The first-order chi connectivity index (χ1) is 27.7. The Balaban J connectivity index is 1.03. The van der Waals surface area contributed by atoms with E-state index in [1.54, 1.807) is 0 Å². The van der Waals surface area contributed by atoms with Crippen LogP contribution in [0.5, 0.6) is 0 Å². The van der Waals surface area contributed by atoms with Crippen molar-refractivity contribution in [2.75, 3.05) is 0 Å². The fraction of sp³-hybridized carbons (Fsp3) is 0.0196. The summed E-state index contributed by atoms with van der Waals surface area (Å²) in [7, 11) is 0. The van der Waals surface area contributed by atoms with Gasteiger partial charge in [-0.25, -0.2) is 9.98 Å². The molecule has 0 aliphatic rings. The van der Waals surface area contributed by atoms with E-state index < -0.39 is 6.17 Å². The van der Waals surface area contributed by atoms with Crippen molar-refractivity contribution in [3.05, 3.63) is 217 Å². The quantitative estimate of drug-likeness (QED) is 0.129. The lowest BCUT2D eigenvalue weighted by molar-refractivity contribution is 0.775. The third kappa shape index (κ3) is 5.97. The van der Waals surface area contributed by atoms with Gasteiger partial charge in [-0.2, -0.15) is 0 Å². The Morgan fingerprint density at radius 1 is 0.446 bits per heavy atom. The van der Waals surface area contributed by atoms with E-state index in [0.717, 1.165) is 39.2 Å². The highest BCUT2D eigenvalue weighted by Gasteiger charge is 2.18. The summed E-state index contributed by atoms with van der Waals surface area (Å²) < 4.78 is 4.78. The molecular weight excluding hydrogens is 683 g/mol.